The number of methoxy groups -OCH3 is 1. The van der Waals surface area contributed by atoms with Crippen LogP contribution >= 0.6 is 0 Å². The third-order valence-corrected chi connectivity index (χ3v) is 4.72. The average Bonchev–Trinajstić information content (AvgIpc) is 2.99. The maximum absolute atomic E-state index is 12.2. The van der Waals surface area contributed by atoms with Crippen LogP contribution in [-0.2, 0) is 9.53 Å². The fourth-order valence-corrected chi connectivity index (χ4v) is 3.47. The van der Waals surface area contributed by atoms with Crippen molar-refractivity contribution in [2.24, 2.45) is 0 Å². The first-order valence-electron chi connectivity index (χ1n) is 8.15. The van der Waals surface area contributed by atoms with Gasteiger partial charge in [-0.25, -0.2) is 0 Å². The molecule has 0 spiro atoms. The summed E-state index contributed by atoms with van der Waals surface area (Å²) in [5.41, 5.74) is 3.22. The van der Waals surface area contributed by atoms with Crippen molar-refractivity contribution >= 4 is 5.91 Å². The summed E-state index contributed by atoms with van der Waals surface area (Å²) in [7, 11) is 1.67. The van der Waals surface area contributed by atoms with E-state index in [4.69, 9.17) is 9.47 Å². The predicted molar refractivity (Wildman–Crippen MR) is 90.6 cm³/mol. The zero-order valence-corrected chi connectivity index (χ0v) is 13.6. The molecule has 0 radical (unpaired) electrons. The third kappa shape index (κ3) is 2.56. The van der Waals surface area contributed by atoms with E-state index in [0.717, 1.165) is 29.0 Å². The van der Waals surface area contributed by atoms with Gasteiger partial charge in [-0.15, -0.1) is 0 Å². The molecule has 2 aromatic carbocycles. The molecule has 1 N–H and O–H groups in total. The second-order valence-corrected chi connectivity index (χ2v) is 6.06. The quantitative estimate of drug-likeness (QED) is 0.940. The molecule has 0 saturated carbocycles. The molecule has 0 bridgehead atoms. The molecule has 0 aromatic heterocycles. The van der Waals surface area contributed by atoms with E-state index in [1.807, 2.05) is 30.3 Å². The number of morpholine rings is 1. The van der Waals surface area contributed by atoms with Crippen LogP contribution < -0.4 is 10.1 Å². The number of hydrogen-bond donors (Lipinski definition) is 1. The van der Waals surface area contributed by atoms with Crippen molar-refractivity contribution in [1.29, 1.82) is 0 Å². The Bertz CT molecular complexity index is 748. The van der Waals surface area contributed by atoms with Crippen molar-refractivity contribution < 1.29 is 14.3 Å². The van der Waals surface area contributed by atoms with Crippen LogP contribution in [0.4, 0.5) is 0 Å². The normalized spacial score (nSPS) is 23.6. The van der Waals surface area contributed by atoms with Crippen LogP contribution in [0.3, 0.4) is 0 Å². The molecular formula is C19H20N2O3. The van der Waals surface area contributed by atoms with Gasteiger partial charge in [-0.05, 0) is 17.2 Å². The fraction of sp³-hybridized carbons (Fsp3) is 0.316. The Kier molecular flexibility index (Phi) is 3.96. The van der Waals surface area contributed by atoms with E-state index in [-0.39, 0.29) is 18.1 Å². The van der Waals surface area contributed by atoms with E-state index in [2.05, 4.69) is 28.4 Å². The minimum Gasteiger partial charge on any atom is -0.496 e. The van der Waals surface area contributed by atoms with Gasteiger partial charge < -0.3 is 14.8 Å². The molecule has 0 aliphatic carbocycles. The highest BCUT2D eigenvalue weighted by atomic mass is 16.5. The maximum Gasteiger partial charge on any atom is 0.241 e. The molecule has 2 fully saturated rings. The molecule has 124 valence electrons. The number of fused-ring (bicyclic) bond motifs is 1. The highest BCUT2D eigenvalue weighted by Gasteiger charge is 2.43. The van der Waals surface area contributed by atoms with Crippen LogP contribution in [0, 0.1) is 0 Å². The van der Waals surface area contributed by atoms with Gasteiger partial charge in [0.05, 0.1) is 20.3 Å². The van der Waals surface area contributed by atoms with Gasteiger partial charge in [0.15, 0.2) is 0 Å². The first-order chi connectivity index (χ1) is 11.8. The molecule has 2 aliphatic heterocycles. The second-order valence-electron chi connectivity index (χ2n) is 6.06. The van der Waals surface area contributed by atoms with Crippen molar-refractivity contribution in [3.63, 3.8) is 0 Å². The van der Waals surface area contributed by atoms with Gasteiger partial charge >= 0.3 is 0 Å². The van der Waals surface area contributed by atoms with E-state index in [1.54, 1.807) is 7.11 Å². The summed E-state index contributed by atoms with van der Waals surface area (Å²) in [6, 6.07) is 16.1. The van der Waals surface area contributed by atoms with Crippen LogP contribution in [-0.4, -0.2) is 43.7 Å². The van der Waals surface area contributed by atoms with Crippen LogP contribution in [0.2, 0.25) is 0 Å². The van der Waals surface area contributed by atoms with Crippen molar-refractivity contribution in [2.75, 3.05) is 26.9 Å². The average molecular weight is 324 g/mol. The number of hydrogen-bond acceptors (Lipinski definition) is 4. The zero-order chi connectivity index (χ0) is 16.5. The summed E-state index contributed by atoms with van der Waals surface area (Å²) in [4.78, 5) is 14.4. The zero-order valence-electron chi connectivity index (χ0n) is 13.6. The van der Waals surface area contributed by atoms with E-state index >= 15 is 0 Å². The van der Waals surface area contributed by atoms with Crippen LogP contribution in [0.1, 0.15) is 11.7 Å². The third-order valence-electron chi connectivity index (χ3n) is 4.72. The number of nitrogens with one attached hydrogen (secondary N) is 1. The number of ether oxygens (including phenoxy) is 2. The van der Waals surface area contributed by atoms with Crippen LogP contribution in [0.25, 0.3) is 11.1 Å². The standard InChI is InChI=1S/C19H20N2O3/c1-23-17-11-14(13-5-3-2-4-6-13)7-8-15(17)18-20-19(22)16-12-24-10-9-21(16)18/h2-8,11,16,18H,9-10,12H2,1H3,(H,20,22)/t16-,18+/m1/s1. The lowest BCUT2D eigenvalue weighted by Crippen LogP contribution is -2.44. The summed E-state index contributed by atoms with van der Waals surface area (Å²) >= 11 is 0. The Balaban J connectivity index is 1.69. The Morgan fingerprint density at radius 3 is 2.79 bits per heavy atom. The van der Waals surface area contributed by atoms with Gasteiger partial charge in [0.2, 0.25) is 5.91 Å². The summed E-state index contributed by atoms with van der Waals surface area (Å²) in [6.07, 6.45) is -0.161. The van der Waals surface area contributed by atoms with Crippen LogP contribution in [0.5, 0.6) is 5.75 Å². The van der Waals surface area contributed by atoms with Gasteiger partial charge in [0, 0.05) is 12.1 Å². The Morgan fingerprint density at radius 1 is 1.17 bits per heavy atom. The molecule has 2 heterocycles. The minimum atomic E-state index is -0.206. The van der Waals surface area contributed by atoms with Crippen molar-refractivity contribution in [2.45, 2.75) is 12.2 Å². The van der Waals surface area contributed by atoms with E-state index < -0.39 is 0 Å². The Morgan fingerprint density at radius 2 is 2.00 bits per heavy atom. The predicted octanol–water partition coefficient (Wildman–Crippen LogP) is 2.19. The Hall–Kier alpha value is -2.37. The highest BCUT2D eigenvalue weighted by Crippen LogP contribution is 2.36. The molecule has 5 heteroatoms. The number of nitrogens with zero attached hydrogens (tertiary/aromatic N) is 1. The summed E-state index contributed by atoms with van der Waals surface area (Å²) in [5, 5.41) is 3.07. The van der Waals surface area contributed by atoms with E-state index in [9.17, 15) is 4.79 Å². The first-order valence-corrected chi connectivity index (χ1v) is 8.15. The van der Waals surface area contributed by atoms with Gasteiger partial charge in [-0.1, -0.05) is 42.5 Å². The second kappa shape index (κ2) is 6.26. The van der Waals surface area contributed by atoms with E-state index in [1.165, 1.54) is 0 Å². The SMILES string of the molecule is COc1cc(-c2ccccc2)ccc1[C@H]1NC(=O)[C@H]2COCCN21. The number of amides is 1. The lowest BCUT2D eigenvalue weighted by atomic mass is 10.0. The van der Waals surface area contributed by atoms with Gasteiger partial charge in [-0.2, -0.15) is 0 Å². The smallest absolute Gasteiger partial charge is 0.241 e. The lowest BCUT2D eigenvalue weighted by Gasteiger charge is -2.32. The minimum absolute atomic E-state index is 0.0221. The number of carbonyl (C=O) groups excluding carboxylic acids is 1. The number of benzene rings is 2. The van der Waals surface area contributed by atoms with Crippen molar-refractivity contribution in [3.05, 3.63) is 54.1 Å². The highest BCUT2D eigenvalue weighted by molar-refractivity contribution is 5.85. The molecule has 2 aliphatic rings. The summed E-state index contributed by atoms with van der Waals surface area (Å²) < 4.78 is 11.1. The molecule has 5 nitrogen and oxygen atoms in total. The molecule has 4 rings (SSSR count). The molecule has 24 heavy (non-hydrogen) atoms. The summed E-state index contributed by atoms with van der Waals surface area (Å²) in [5.74, 6) is 0.808. The molecular weight excluding hydrogens is 304 g/mol. The molecule has 2 atom stereocenters. The molecule has 2 aromatic rings. The van der Waals surface area contributed by atoms with Gasteiger partial charge in [0.25, 0.3) is 0 Å². The lowest BCUT2D eigenvalue weighted by molar-refractivity contribution is -0.125. The topological polar surface area (TPSA) is 50.8 Å². The Labute approximate surface area is 141 Å². The van der Waals surface area contributed by atoms with Gasteiger partial charge in [0.1, 0.15) is 18.0 Å². The maximum atomic E-state index is 12.2. The molecule has 2 saturated heterocycles. The van der Waals surface area contributed by atoms with Crippen LogP contribution in [0.15, 0.2) is 48.5 Å². The van der Waals surface area contributed by atoms with E-state index in [0.29, 0.717) is 13.2 Å². The summed E-state index contributed by atoms with van der Waals surface area (Å²) in [6.45, 7) is 1.83. The molecule has 1 amide bonds. The number of carbonyl (C=O) groups is 1. The van der Waals surface area contributed by atoms with Gasteiger partial charge in [-0.3, -0.25) is 9.69 Å². The van der Waals surface area contributed by atoms with Crippen molar-refractivity contribution in [1.82, 2.24) is 10.2 Å². The first kappa shape index (κ1) is 15.2. The fourth-order valence-electron chi connectivity index (χ4n) is 3.47. The van der Waals surface area contributed by atoms with Crippen molar-refractivity contribution in [3.8, 4) is 16.9 Å². The monoisotopic (exact) mass is 324 g/mol. The largest absolute Gasteiger partial charge is 0.496 e. The molecule has 0 unspecified atom stereocenters. The number of rotatable bonds is 3.